The van der Waals surface area contributed by atoms with E-state index in [-0.39, 0.29) is 0 Å². The molecule has 0 bridgehead atoms. The first kappa shape index (κ1) is 17.3. The summed E-state index contributed by atoms with van der Waals surface area (Å²) in [5, 5.41) is 6.76. The highest BCUT2D eigenvalue weighted by Gasteiger charge is 2.28. The Labute approximate surface area is 124 Å². The number of guanidine groups is 1. The first-order chi connectivity index (χ1) is 9.70. The van der Waals surface area contributed by atoms with E-state index in [0.29, 0.717) is 5.41 Å². The van der Waals surface area contributed by atoms with E-state index < -0.39 is 0 Å². The van der Waals surface area contributed by atoms with Crippen molar-refractivity contribution in [3.63, 3.8) is 0 Å². The predicted molar refractivity (Wildman–Crippen MR) is 86.3 cm³/mol. The van der Waals surface area contributed by atoms with Crippen molar-refractivity contribution < 1.29 is 4.74 Å². The fraction of sp³-hybridized carbons (Fsp3) is 0.938. The predicted octanol–water partition coefficient (Wildman–Crippen LogP) is 2.94. The minimum Gasteiger partial charge on any atom is -0.382 e. The molecular formula is C16H33N3O. The maximum absolute atomic E-state index is 5.34. The van der Waals surface area contributed by atoms with Crippen LogP contribution in [0.2, 0.25) is 0 Å². The largest absolute Gasteiger partial charge is 0.382 e. The molecule has 4 nitrogen and oxygen atoms in total. The van der Waals surface area contributed by atoms with Gasteiger partial charge in [0.2, 0.25) is 0 Å². The fourth-order valence-corrected chi connectivity index (χ4v) is 2.68. The van der Waals surface area contributed by atoms with Crippen LogP contribution in [-0.2, 0) is 4.74 Å². The molecule has 118 valence electrons. The van der Waals surface area contributed by atoms with Crippen LogP contribution in [0.15, 0.2) is 4.99 Å². The minimum absolute atomic E-state index is 0.428. The van der Waals surface area contributed by atoms with Crippen LogP contribution in [-0.4, -0.2) is 38.8 Å². The number of nitrogens with one attached hydrogen (secondary N) is 2. The number of ether oxygens (including phenoxy) is 1. The lowest BCUT2D eigenvalue weighted by Gasteiger charge is -2.21. The Morgan fingerprint density at radius 3 is 2.55 bits per heavy atom. The molecule has 0 aromatic rings. The van der Waals surface area contributed by atoms with Crippen molar-refractivity contribution in [3.8, 4) is 0 Å². The van der Waals surface area contributed by atoms with Gasteiger partial charge in [-0.25, -0.2) is 0 Å². The molecule has 1 rings (SSSR count). The van der Waals surface area contributed by atoms with Gasteiger partial charge in [-0.15, -0.1) is 0 Å². The normalized spacial score (nSPS) is 18.2. The molecule has 0 saturated heterocycles. The Morgan fingerprint density at radius 1 is 1.15 bits per heavy atom. The molecule has 0 atom stereocenters. The Hall–Kier alpha value is -0.770. The molecule has 0 aromatic carbocycles. The van der Waals surface area contributed by atoms with Gasteiger partial charge in [-0.3, -0.25) is 4.99 Å². The Bertz CT molecular complexity index is 273. The third kappa shape index (κ3) is 7.13. The second kappa shape index (κ2) is 10.0. The second-order valence-electron chi connectivity index (χ2n) is 6.04. The summed E-state index contributed by atoms with van der Waals surface area (Å²) in [7, 11) is 0. The fourth-order valence-electron chi connectivity index (χ4n) is 2.68. The molecule has 0 radical (unpaired) electrons. The average Bonchev–Trinajstić information content (AvgIpc) is 2.87. The molecule has 0 amide bonds. The second-order valence-corrected chi connectivity index (χ2v) is 6.04. The van der Waals surface area contributed by atoms with Crippen LogP contribution in [0.5, 0.6) is 0 Å². The molecule has 0 unspecified atom stereocenters. The molecule has 0 heterocycles. The Balaban J connectivity index is 2.24. The van der Waals surface area contributed by atoms with Crippen LogP contribution >= 0.6 is 0 Å². The summed E-state index contributed by atoms with van der Waals surface area (Å²) < 4.78 is 5.34. The van der Waals surface area contributed by atoms with Crippen molar-refractivity contribution in [2.75, 3.05) is 32.8 Å². The first-order valence-corrected chi connectivity index (χ1v) is 8.30. The maximum atomic E-state index is 5.34. The zero-order chi connectivity index (χ0) is 14.7. The van der Waals surface area contributed by atoms with E-state index in [4.69, 9.17) is 9.73 Å². The van der Waals surface area contributed by atoms with Crippen molar-refractivity contribution >= 4 is 5.96 Å². The Morgan fingerprint density at radius 2 is 1.90 bits per heavy atom. The van der Waals surface area contributed by atoms with Gasteiger partial charge in [0.15, 0.2) is 5.96 Å². The van der Waals surface area contributed by atoms with E-state index in [1.54, 1.807) is 0 Å². The minimum atomic E-state index is 0.428. The van der Waals surface area contributed by atoms with E-state index in [9.17, 15) is 0 Å². The van der Waals surface area contributed by atoms with Crippen LogP contribution in [0.1, 0.15) is 59.3 Å². The molecule has 1 aliphatic carbocycles. The van der Waals surface area contributed by atoms with Gasteiger partial charge in [0.05, 0.1) is 0 Å². The van der Waals surface area contributed by atoms with E-state index in [1.807, 2.05) is 6.92 Å². The van der Waals surface area contributed by atoms with E-state index in [1.165, 1.54) is 25.7 Å². The molecule has 0 spiro atoms. The SMILES string of the molecule is CCNC(=NCC1(C)CCCC1)NCCCCOCC. The summed E-state index contributed by atoms with van der Waals surface area (Å²) in [6.45, 7) is 11.0. The van der Waals surface area contributed by atoms with Crippen molar-refractivity contribution in [1.82, 2.24) is 10.6 Å². The lowest BCUT2D eigenvalue weighted by Crippen LogP contribution is -2.38. The smallest absolute Gasteiger partial charge is 0.191 e. The number of unbranched alkanes of at least 4 members (excludes halogenated alkanes) is 1. The molecule has 4 heteroatoms. The summed E-state index contributed by atoms with van der Waals surface area (Å²) in [5.74, 6) is 0.969. The summed E-state index contributed by atoms with van der Waals surface area (Å²) in [5.41, 5.74) is 0.428. The van der Waals surface area contributed by atoms with Gasteiger partial charge in [0, 0.05) is 32.8 Å². The van der Waals surface area contributed by atoms with E-state index >= 15 is 0 Å². The molecular weight excluding hydrogens is 250 g/mol. The number of nitrogens with zero attached hydrogens (tertiary/aromatic N) is 1. The van der Waals surface area contributed by atoms with Crippen molar-refractivity contribution in [3.05, 3.63) is 0 Å². The van der Waals surface area contributed by atoms with Crippen molar-refractivity contribution in [1.29, 1.82) is 0 Å². The number of rotatable bonds is 9. The van der Waals surface area contributed by atoms with Gasteiger partial charge in [-0.2, -0.15) is 0 Å². The molecule has 20 heavy (non-hydrogen) atoms. The molecule has 0 aromatic heterocycles. The standard InChI is InChI=1S/C16H33N3O/c1-4-17-15(18-12-8-9-13-20-5-2)19-14-16(3)10-6-7-11-16/h4-14H2,1-3H3,(H2,17,18,19). The van der Waals surface area contributed by atoms with Gasteiger partial charge in [-0.05, 0) is 44.9 Å². The third-order valence-electron chi connectivity index (χ3n) is 3.99. The highest BCUT2D eigenvalue weighted by molar-refractivity contribution is 5.79. The van der Waals surface area contributed by atoms with Crippen LogP contribution in [0.3, 0.4) is 0 Å². The third-order valence-corrected chi connectivity index (χ3v) is 3.99. The summed E-state index contributed by atoms with van der Waals surface area (Å²) >= 11 is 0. The summed E-state index contributed by atoms with van der Waals surface area (Å²) in [6, 6.07) is 0. The van der Waals surface area contributed by atoms with Crippen molar-refractivity contribution in [2.45, 2.75) is 59.3 Å². The molecule has 2 N–H and O–H groups in total. The summed E-state index contributed by atoms with van der Waals surface area (Å²) in [6.07, 6.45) is 7.62. The van der Waals surface area contributed by atoms with Crippen LogP contribution < -0.4 is 10.6 Å². The average molecular weight is 283 g/mol. The molecule has 0 aliphatic heterocycles. The maximum Gasteiger partial charge on any atom is 0.191 e. The molecule has 1 saturated carbocycles. The molecule has 1 fully saturated rings. The van der Waals surface area contributed by atoms with Gasteiger partial charge >= 0.3 is 0 Å². The van der Waals surface area contributed by atoms with Crippen LogP contribution in [0, 0.1) is 5.41 Å². The summed E-state index contributed by atoms with van der Waals surface area (Å²) in [4.78, 5) is 4.76. The number of aliphatic imine (C=N–C) groups is 1. The lowest BCUT2D eigenvalue weighted by molar-refractivity contribution is 0.143. The van der Waals surface area contributed by atoms with Gasteiger partial charge in [-0.1, -0.05) is 19.8 Å². The topological polar surface area (TPSA) is 45.7 Å². The van der Waals surface area contributed by atoms with Crippen LogP contribution in [0.4, 0.5) is 0 Å². The molecule has 1 aliphatic rings. The zero-order valence-corrected chi connectivity index (χ0v) is 13.6. The van der Waals surface area contributed by atoms with Gasteiger partial charge < -0.3 is 15.4 Å². The number of hydrogen-bond donors (Lipinski definition) is 2. The zero-order valence-electron chi connectivity index (χ0n) is 13.6. The van der Waals surface area contributed by atoms with Crippen molar-refractivity contribution in [2.24, 2.45) is 10.4 Å². The van der Waals surface area contributed by atoms with Crippen LogP contribution in [0.25, 0.3) is 0 Å². The lowest BCUT2D eigenvalue weighted by atomic mass is 9.89. The number of hydrogen-bond acceptors (Lipinski definition) is 2. The van der Waals surface area contributed by atoms with E-state index in [0.717, 1.165) is 51.6 Å². The van der Waals surface area contributed by atoms with E-state index in [2.05, 4.69) is 24.5 Å². The highest BCUT2D eigenvalue weighted by Crippen LogP contribution is 2.37. The van der Waals surface area contributed by atoms with Gasteiger partial charge in [0.25, 0.3) is 0 Å². The monoisotopic (exact) mass is 283 g/mol. The highest BCUT2D eigenvalue weighted by atomic mass is 16.5. The van der Waals surface area contributed by atoms with Gasteiger partial charge in [0.1, 0.15) is 0 Å². The quantitative estimate of drug-likeness (QED) is 0.388. The Kier molecular flexibility index (Phi) is 8.67. The first-order valence-electron chi connectivity index (χ1n) is 8.30.